The highest BCUT2D eigenvalue weighted by molar-refractivity contribution is 6.09. The third kappa shape index (κ3) is 7.06. The van der Waals surface area contributed by atoms with Crippen molar-refractivity contribution < 1.29 is 19.2 Å². The van der Waals surface area contributed by atoms with Crippen molar-refractivity contribution in [2.45, 2.75) is 37.8 Å². The molecule has 6 aromatic rings. The highest BCUT2D eigenvalue weighted by Crippen LogP contribution is 2.27. The molecule has 0 unspecified atom stereocenters. The standard InChI is InChI=1S/C44H38N6O4/c51-41(37-11-5-27-49(37)43(53)39-35-9-3-1-7-31(35)23-25-45-39)47-33-19-15-29(16-20-33)13-14-30-17-21-34(22-18-30)48-42(52)38-12-6-28-50(38)44(54)40-36-10-4-2-8-32(36)24-26-46-40/h1-4,7-10,13-26,37-38H,5-6,11-12,27-28H2,(H,47,51)(H,48,52)/b14-13+/t37-,38-/m0/s1. The second-order valence-electron chi connectivity index (χ2n) is 13.6. The maximum Gasteiger partial charge on any atom is 0.273 e. The van der Waals surface area contributed by atoms with E-state index in [1.165, 1.54) is 0 Å². The molecule has 2 atom stereocenters. The van der Waals surface area contributed by atoms with Crippen molar-refractivity contribution in [3.63, 3.8) is 0 Å². The third-order valence-corrected chi connectivity index (χ3v) is 10.2. The van der Waals surface area contributed by atoms with Crippen LogP contribution in [0.1, 0.15) is 57.8 Å². The average molecular weight is 715 g/mol. The minimum Gasteiger partial charge on any atom is -0.325 e. The van der Waals surface area contributed by atoms with Gasteiger partial charge in [-0.25, -0.2) is 0 Å². The molecule has 2 aliphatic heterocycles. The first-order valence-corrected chi connectivity index (χ1v) is 18.2. The molecular weight excluding hydrogens is 677 g/mol. The number of pyridine rings is 2. The van der Waals surface area contributed by atoms with Crippen molar-refractivity contribution in [3.05, 3.63) is 144 Å². The summed E-state index contributed by atoms with van der Waals surface area (Å²) >= 11 is 0. The molecule has 0 saturated carbocycles. The molecular formula is C44H38N6O4. The summed E-state index contributed by atoms with van der Waals surface area (Å²) < 4.78 is 0. The van der Waals surface area contributed by atoms with Gasteiger partial charge in [-0.05, 0) is 84.0 Å². The molecule has 4 aromatic carbocycles. The first-order chi connectivity index (χ1) is 26.4. The minimum atomic E-state index is -0.572. The number of anilines is 2. The maximum atomic E-state index is 13.5. The Bertz CT molecular complexity index is 2230. The average Bonchev–Trinajstić information content (AvgIpc) is 3.92. The Morgan fingerprint density at radius 3 is 1.37 bits per heavy atom. The molecule has 2 saturated heterocycles. The lowest BCUT2D eigenvalue weighted by Gasteiger charge is -2.24. The summed E-state index contributed by atoms with van der Waals surface area (Å²) in [6.45, 7) is 1.01. The van der Waals surface area contributed by atoms with E-state index in [0.717, 1.165) is 45.5 Å². The number of hydrogen-bond acceptors (Lipinski definition) is 6. The second-order valence-corrected chi connectivity index (χ2v) is 13.6. The lowest BCUT2D eigenvalue weighted by molar-refractivity contribution is -0.120. The molecule has 54 heavy (non-hydrogen) atoms. The van der Waals surface area contributed by atoms with Gasteiger partial charge in [0.2, 0.25) is 11.8 Å². The van der Waals surface area contributed by atoms with E-state index in [4.69, 9.17) is 0 Å². The molecule has 0 spiro atoms. The quantitative estimate of drug-likeness (QED) is 0.158. The first kappa shape index (κ1) is 34.4. The van der Waals surface area contributed by atoms with Crippen molar-refractivity contribution in [1.82, 2.24) is 19.8 Å². The predicted molar refractivity (Wildman–Crippen MR) is 211 cm³/mol. The Kier molecular flexibility index (Phi) is 9.63. The van der Waals surface area contributed by atoms with Crippen molar-refractivity contribution >= 4 is 68.7 Å². The number of fused-ring (bicyclic) bond motifs is 2. The van der Waals surface area contributed by atoms with E-state index in [2.05, 4.69) is 20.6 Å². The van der Waals surface area contributed by atoms with E-state index < -0.39 is 12.1 Å². The molecule has 10 heteroatoms. The molecule has 8 rings (SSSR count). The highest BCUT2D eigenvalue weighted by atomic mass is 16.2. The monoisotopic (exact) mass is 714 g/mol. The molecule has 0 bridgehead atoms. The van der Waals surface area contributed by atoms with Gasteiger partial charge < -0.3 is 20.4 Å². The number of nitrogens with zero attached hydrogens (tertiary/aromatic N) is 4. The van der Waals surface area contributed by atoms with Crippen LogP contribution in [0.5, 0.6) is 0 Å². The number of aromatic nitrogens is 2. The van der Waals surface area contributed by atoms with E-state index in [1.54, 1.807) is 22.2 Å². The van der Waals surface area contributed by atoms with Crippen LogP contribution in [0.3, 0.4) is 0 Å². The molecule has 2 fully saturated rings. The number of likely N-dealkylation sites (tertiary alicyclic amines) is 2. The fourth-order valence-corrected chi connectivity index (χ4v) is 7.42. The van der Waals surface area contributed by atoms with Gasteiger partial charge in [0.25, 0.3) is 11.8 Å². The van der Waals surface area contributed by atoms with E-state index >= 15 is 0 Å². The Balaban J connectivity index is 0.858. The van der Waals surface area contributed by atoms with Gasteiger partial charge in [0.05, 0.1) is 0 Å². The van der Waals surface area contributed by atoms with Crippen LogP contribution >= 0.6 is 0 Å². The normalized spacial score (nSPS) is 17.0. The number of hydrogen-bond donors (Lipinski definition) is 2. The van der Waals surface area contributed by atoms with Crippen LogP contribution < -0.4 is 10.6 Å². The number of amides is 4. The van der Waals surface area contributed by atoms with Crippen molar-refractivity contribution in [2.24, 2.45) is 0 Å². The smallest absolute Gasteiger partial charge is 0.273 e. The highest BCUT2D eigenvalue weighted by Gasteiger charge is 2.37. The van der Waals surface area contributed by atoms with Gasteiger partial charge in [0, 0.05) is 47.6 Å². The first-order valence-electron chi connectivity index (χ1n) is 18.2. The number of nitrogens with one attached hydrogen (secondary N) is 2. The lowest BCUT2D eigenvalue weighted by Crippen LogP contribution is -2.43. The van der Waals surface area contributed by atoms with Crippen LogP contribution in [0.4, 0.5) is 11.4 Å². The Morgan fingerprint density at radius 1 is 0.537 bits per heavy atom. The molecule has 268 valence electrons. The Morgan fingerprint density at radius 2 is 0.944 bits per heavy atom. The topological polar surface area (TPSA) is 125 Å². The van der Waals surface area contributed by atoms with Crippen LogP contribution in [-0.2, 0) is 9.59 Å². The zero-order valence-electron chi connectivity index (χ0n) is 29.5. The molecule has 2 aliphatic rings. The van der Waals surface area contributed by atoms with Crippen molar-refractivity contribution in [2.75, 3.05) is 23.7 Å². The zero-order valence-corrected chi connectivity index (χ0v) is 29.5. The summed E-state index contributed by atoms with van der Waals surface area (Å²) in [5.74, 6) is -0.901. The summed E-state index contributed by atoms with van der Waals surface area (Å²) in [5.41, 5.74) is 3.91. The second kappa shape index (κ2) is 15.1. The largest absolute Gasteiger partial charge is 0.325 e. The molecule has 4 heterocycles. The van der Waals surface area contributed by atoms with Crippen LogP contribution in [0.25, 0.3) is 33.7 Å². The van der Waals surface area contributed by atoms with Crippen LogP contribution in [0.15, 0.2) is 122 Å². The number of carbonyl (C=O) groups excluding carboxylic acids is 4. The maximum absolute atomic E-state index is 13.5. The van der Waals surface area contributed by atoms with E-state index in [0.29, 0.717) is 48.7 Å². The Hall–Kier alpha value is -6.68. The molecule has 2 N–H and O–H groups in total. The van der Waals surface area contributed by atoms with Gasteiger partial charge >= 0.3 is 0 Å². The van der Waals surface area contributed by atoms with Crippen LogP contribution in [0.2, 0.25) is 0 Å². The SMILES string of the molecule is O=C(Nc1ccc(/C=C/c2ccc(NC(=O)[C@@H]3CCCN3C(=O)c3nccc4ccccc34)cc2)cc1)[C@@H]1CCCN1C(=O)c1nccc2ccccc12. The summed E-state index contributed by atoms with van der Waals surface area (Å²) in [5, 5.41) is 9.40. The molecule has 0 aliphatic carbocycles. The molecule has 10 nitrogen and oxygen atoms in total. The minimum absolute atomic E-state index is 0.217. The van der Waals surface area contributed by atoms with E-state index in [-0.39, 0.29) is 23.6 Å². The lowest BCUT2D eigenvalue weighted by atomic mass is 10.1. The van der Waals surface area contributed by atoms with Crippen LogP contribution in [0, 0.1) is 0 Å². The van der Waals surface area contributed by atoms with Crippen molar-refractivity contribution in [3.8, 4) is 0 Å². The molecule has 2 aromatic heterocycles. The van der Waals surface area contributed by atoms with Gasteiger partial charge in [-0.3, -0.25) is 29.1 Å². The van der Waals surface area contributed by atoms with Crippen molar-refractivity contribution in [1.29, 1.82) is 0 Å². The number of rotatable bonds is 8. The molecule has 4 amide bonds. The zero-order chi connectivity index (χ0) is 37.0. The summed E-state index contributed by atoms with van der Waals surface area (Å²) in [6, 6.07) is 32.9. The fourth-order valence-electron chi connectivity index (χ4n) is 7.42. The number of benzene rings is 4. The summed E-state index contributed by atoms with van der Waals surface area (Å²) in [4.78, 5) is 65.8. The summed E-state index contributed by atoms with van der Waals surface area (Å²) in [7, 11) is 0. The van der Waals surface area contributed by atoms with Gasteiger partial charge in [-0.15, -0.1) is 0 Å². The third-order valence-electron chi connectivity index (χ3n) is 10.2. The van der Waals surface area contributed by atoms with E-state index in [1.807, 2.05) is 121 Å². The van der Waals surface area contributed by atoms with E-state index in [9.17, 15) is 19.2 Å². The summed E-state index contributed by atoms with van der Waals surface area (Å²) in [6.07, 6.45) is 9.88. The van der Waals surface area contributed by atoms with Crippen LogP contribution in [-0.4, -0.2) is 68.6 Å². The Labute approximate surface area is 312 Å². The van der Waals surface area contributed by atoms with Gasteiger partial charge in [-0.2, -0.15) is 0 Å². The predicted octanol–water partition coefficient (Wildman–Crippen LogP) is 7.44. The fraction of sp³-hybridized carbons (Fsp3) is 0.182. The van der Waals surface area contributed by atoms with Gasteiger partial charge in [0.1, 0.15) is 23.5 Å². The van der Waals surface area contributed by atoms with Gasteiger partial charge in [0.15, 0.2) is 0 Å². The number of carbonyl (C=O) groups is 4. The van der Waals surface area contributed by atoms with Gasteiger partial charge in [-0.1, -0.05) is 84.9 Å². The molecule has 0 radical (unpaired) electrons.